The van der Waals surface area contributed by atoms with E-state index in [0.717, 1.165) is 5.69 Å². The van der Waals surface area contributed by atoms with Crippen LogP contribution in [0.5, 0.6) is 0 Å². The second kappa shape index (κ2) is 4.20. The third-order valence-corrected chi connectivity index (χ3v) is 3.96. The van der Waals surface area contributed by atoms with E-state index in [1.165, 1.54) is 18.4 Å². The summed E-state index contributed by atoms with van der Waals surface area (Å²) in [6, 6.07) is 6.81. The maximum Gasteiger partial charge on any atom is 0.242 e. The van der Waals surface area contributed by atoms with E-state index in [2.05, 4.69) is 0 Å². The van der Waals surface area contributed by atoms with Gasteiger partial charge in [0.1, 0.15) is 0 Å². The maximum atomic E-state index is 11.7. The average molecular weight is 228 g/mol. The Balaban J connectivity index is 3.10. The molecule has 0 bridgehead atoms. The van der Waals surface area contributed by atoms with Crippen molar-refractivity contribution in [3.8, 4) is 0 Å². The fourth-order valence-electron chi connectivity index (χ4n) is 1.13. The number of hydrogen-bond acceptors (Lipinski definition) is 3. The first-order valence-electron chi connectivity index (χ1n) is 4.55. The zero-order chi connectivity index (χ0) is 11.6. The van der Waals surface area contributed by atoms with E-state index in [1.54, 1.807) is 24.3 Å². The average Bonchev–Trinajstić information content (AvgIpc) is 2.17. The Kier molecular flexibility index (Phi) is 3.36. The quantitative estimate of drug-likeness (QED) is 0.775. The van der Waals surface area contributed by atoms with Gasteiger partial charge in [-0.3, -0.25) is 0 Å². The van der Waals surface area contributed by atoms with Crippen LogP contribution in [-0.4, -0.2) is 40.9 Å². The standard InChI is InChI=1S/C10H16N2O2S/c1-11(2)9-5-7-10(8-6-9)15(13,14)12(3)4/h5-8H,1-4H3. The number of sulfonamides is 1. The summed E-state index contributed by atoms with van der Waals surface area (Å²) in [5.74, 6) is 0. The van der Waals surface area contributed by atoms with Crippen molar-refractivity contribution in [3.63, 3.8) is 0 Å². The second-order valence-corrected chi connectivity index (χ2v) is 5.83. The van der Waals surface area contributed by atoms with Gasteiger partial charge >= 0.3 is 0 Å². The predicted molar refractivity (Wildman–Crippen MR) is 61.6 cm³/mol. The van der Waals surface area contributed by atoms with E-state index in [4.69, 9.17) is 0 Å². The van der Waals surface area contributed by atoms with E-state index in [0.29, 0.717) is 4.90 Å². The van der Waals surface area contributed by atoms with Gasteiger partial charge in [0.05, 0.1) is 4.90 Å². The van der Waals surface area contributed by atoms with Crippen molar-refractivity contribution in [2.24, 2.45) is 0 Å². The van der Waals surface area contributed by atoms with Crippen molar-refractivity contribution < 1.29 is 8.42 Å². The Hall–Kier alpha value is -1.07. The van der Waals surface area contributed by atoms with Crippen LogP contribution in [0.2, 0.25) is 0 Å². The SMILES string of the molecule is CN(C)c1ccc(S(=O)(=O)N(C)C)cc1. The van der Waals surface area contributed by atoms with Crippen LogP contribution in [-0.2, 0) is 10.0 Å². The second-order valence-electron chi connectivity index (χ2n) is 3.68. The molecule has 84 valence electrons. The molecule has 4 nitrogen and oxygen atoms in total. The molecular formula is C10H16N2O2S. The molecule has 5 heteroatoms. The summed E-state index contributed by atoms with van der Waals surface area (Å²) in [5, 5.41) is 0. The highest BCUT2D eigenvalue weighted by Crippen LogP contribution is 2.17. The molecule has 0 N–H and O–H groups in total. The van der Waals surface area contributed by atoms with Gasteiger partial charge < -0.3 is 4.90 Å². The lowest BCUT2D eigenvalue weighted by Crippen LogP contribution is -2.22. The molecule has 0 saturated carbocycles. The maximum absolute atomic E-state index is 11.7. The Labute approximate surface area is 91.2 Å². The first kappa shape index (κ1) is 12.0. The summed E-state index contributed by atoms with van der Waals surface area (Å²) >= 11 is 0. The van der Waals surface area contributed by atoms with Crippen molar-refractivity contribution in [1.29, 1.82) is 0 Å². The van der Waals surface area contributed by atoms with Crippen LogP contribution in [0.3, 0.4) is 0 Å². The zero-order valence-corrected chi connectivity index (χ0v) is 10.2. The highest BCUT2D eigenvalue weighted by atomic mass is 32.2. The molecule has 0 atom stereocenters. The molecule has 0 aliphatic heterocycles. The van der Waals surface area contributed by atoms with Crippen LogP contribution in [0.1, 0.15) is 0 Å². The summed E-state index contributed by atoms with van der Waals surface area (Å²) < 4.78 is 24.7. The van der Waals surface area contributed by atoms with E-state index in [9.17, 15) is 8.42 Å². The zero-order valence-electron chi connectivity index (χ0n) is 9.43. The van der Waals surface area contributed by atoms with E-state index in [-0.39, 0.29) is 0 Å². The van der Waals surface area contributed by atoms with Crippen LogP contribution in [0.4, 0.5) is 5.69 Å². The Morgan fingerprint density at radius 1 is 0.933 bits per heavy atom. The first-order valence-corrected chi connectivity index (χ1v) is 5.99. The molecule has 1 aromatic rings. The fraction of sp³-hybridized carbons (Fsp3) is 0.400. The summed E-state index contributed by atoms with van der Waals surface area (Å²) in [6.45, 7) is 0. The third-order valence-electron chi connectivity index (χ3n) is 2.13. The molecule has 0 spiro atoms. The smallest absolute Gasteiger partial charge is 0.242 e. The molecule has 0 aliphatic carbocycles. The van der Waals surface area contributed by atoms with Gasteiger partial charge in [-0.15, -0.1) is 0 Å². The van der Waals surface area contributed by atoms with Crippen LogP contribution < -0.4 is 4.90 Å². The lowest BCUT2D eigenvalue weighted by atomic mass is 10.3. The van der Waals surface area contributed by atoms with E-state index >= 15 is 0 Å². The molecular weight excluding hydrogens is 212 g/mol. The molecule has 0 aliphatic rings. The Morgan fingerprint density at radius 3 is 1.73 bits per heavy atom. The van der Waals surface area contributed by atoms with Gasteiger partial charge in [0.25, 0.3) is 0 Å². The highest BCUT2D eigenvalue weighted by Gasteiger charge is 2.16. The molecule has 0 fully saturated rings. The topological polar surface area (TPSA) is 40.6 Å². The van der Waals surface area contributed by atoms with E-state index < -0.39 is 10.0 Å². The van der Waals surface area contributed by atoms with Crippen molar-refractivity contribution in [1.82, 2.24) is 4.31 Å². The minimum absolute atomic E-state index is 0.318. The van der Waals surface area contributed by atoms with Gasteiger partial charge in [-0.1, -0.05) is 0 Å². The normalized spacial score (nSPS) is 11.8. The molecule has 1 aromatic carbocycles. The van der Waals surface area contributed by atoms with Gasteiger partial charge in [-0.2, -0.15) is 0 Å². The number of rotatable bonds is 3. The molecule has 0 aromatic heterocycles. The van der Waals surface area contributed by atoms with Crippen LogP contribution in [0.15, 0.2) is 29.2 Å². The lowest BCUT2D eigenvalue weighted by molar-refractivity contribution is 0.521. The lowest BCUT2D eigenvalue weighted by Gasteiger charge is -2.14. The van der Waals surface area contributed by atoms with Crippen LogP contribution in [0, 0.1) is 0 Å². The monoisotopic (exact) mass is 228 g/mol. The number of hydrogen-bond donors (Lipinski definition) is 0. The highest BCUT2D eigenvalue weighted by molar-refractivity contribution is 7.89. The molecule has 1 rings (SSSR count). The molecule has 0 saturated heterocycles. The number of nitrogens with zero attached hydrogens (tertiary/aromatic N) is 2. The van der Waals surface area contributed by atoms with Gasteiger partial charge in [-0.25, -0.2) is 12.7 Å². The van der Waals surface area contributed by atoms with Gasteiger partial charge in [-0.05, 0) is 24.3 Å². The van der Waals surface area contributed by atoms with Gasteiger partial charge in [0, 0.05) is 33.9 Å². The fourth-order valence-corrected chi connectivity index (χ4v) is 2.03. The minimum Gasteiger partial charge on any atom is -0.378 e. The predicted octanol–water partition coefficient (Wildman–Crippen LogP) is 1.00. The summed E-state index contributed by atoms with van der Waals surface area (Å²) in [6.07, 6.45) is 0. The molecule has 15 heavy (non-hydrogen) atoms. The first-order chi connectivity index (χ1) is 6.85. The van der Waals surface area contributed by atoms with Gasteiger partial charge in [0.15, 0.2) is 0 Å². The molecule has 0 radical (unpaired) electrons. The van der Waals surface area contributed by atoms with E-state index in [1.807, 2.05) is 19.0 Å². The summed E-state index contributed by atoms with van der Waals surface area (Å²) in [4.78, 5) is 2.24. The van der Waals surface area contributed by atoms with Crippen molar-refractivity contribution >= 4 is 15.7 Å². The molecule has 0 heterocycles. The van der Waals surface area contributed by atoms with Crippen molar-refractivity contribution in [3.05, 3.63) is 24.3 Å². The third kappa shape index (κ3) is 2.49. The Bertz CT molecular complexity index is 421. The van der Waals surface area contributed by atoms with Crippen LogP contribution in [0.25, 0.3) is 0 Å². The minimum atomic E-state index is -3.30. The summed E-state index contributed by atoms with van der Waals surface area (Å²) in [5.41, 5.74) is 0.979. The molecule has 0 unspecified atom stereocenters. The summed E-state index contributed by atoms with van der Waals surface area (Å²) in [7, 11) is 3.57. The van der Waals surface area contributed by atoms with Crippen molar-refractivity contribution in [2.75, 3.05) is 33.1 Å². The molecule has 0 amide bonds. The number of benzene rings is 1. The van der Waals surface area contributed by atoms with Crippen LogP contribution >= 0.6 is 0 Å². The van der Waals surface area contributed by atoms with Crippen molar-refractivity contribution in [2.45, 2.75) is 4.90 Å². The van der Waals surface area contributed by atoms with Gasteiger partial charge in [0.2, 0.25) is 10.0 Å². The number of anilines is 1. The Morgan fingerprint density at radius 2 is 1.40 bits per heavy atom. The largest absolute Gasteiger partial charge is 0.378 e.